The lowest BCUT2D eigenvalue weighted by Crippen LogP contribution is -2.69. The predicted molar refractivity (Wildman–Crippen MR) is 108 cm³/mol. The minimum atomic E-state index is -0.497. The summed E-state index contributed by atoms with van der Waals surface area (Å²) in [6.07, 6.45) is 0.496. The summed E-state index contributed by atoms with van der Waals surface area (Å²) in [6.45, 7) is 4.91. The summed E-state index contributed by atoms with van der Waals surface area (Å²) in [4.78, 5) is 32.3. The van der Waals surface area contributed by atoms with E-state index < -0.39 is 12.1 Å². The van der Waals surface area contributed by atoms with Gasteiger partial charge in [-0.05, 0) is 36.8 Å². The number of carbonyl (C=O) groups excluding carboxylic acids is 2. The predicted octanol–water partition coefficient (Wildman–Crippen LogP) is 1.82. The van der Waals surface area contributed by atoms with Crippen LogP contribution in [-0.2, 0) is 22.6 Å². The first kappa shape index (κ1) is 19.0. The molecule has 2 fully saturated rings. The Kier molecular flexibility index (Phi) is 5.37. The highest BCUT2D eigenvalue weighted by Crippen LogP contribution is 2.22. The van der Waals surface area contributed by atoms with Crippen LogP contribution in [0.25, 0.3) is 0 Å². The number of piperazine rings is 2. The Morgan fingerprint density at radius 2 is 1.93 bits per heavy atom. The van der Waals surface area contributed by atoms with Crippen molar-refractivity contribution in [3.05, 3.63) is 51.7 Å². The Hall–Kier alpha value is -2.38. The molecule has 1 N–H and O–H groups in total. The summed E-state index contributed by atoms with van der Waals surface area (Å²) >= 11 is 1.78. The van der Waals surface area contributed by atoms with Gasteiger partial charge >= 0.3 is 0 Å². The quantitative estimate of drug-likeness (QED) is 0.833. The van der Waals surface area contributed by atoms with Crippen molar-refractivity contribution in [3.8, 4) is 5.75 Å². The van der Waals surface area contributed by atoms with Gasteiger partial charge in [0.2, 0.25) is 11.8 Å². The molecule has 0 spiro atoms. The molecule has 0 unspecified atom stereocenters. The molecule has 4 rings (SSSR count). The molecule has 1 aromatic heterocycles. The Morgan fingerprint density at radius 1 is 1.14 bits per heavy atom. The van der Waals surface area contributed by atoms with E-state index in [2.05, 4.69) is 29.3 Å². The molecule has 148 valence electrons. The number of fused-ring (bicyclic) bond motifs is 1. The van der Waals surface area contributed by atoms with Crippen molar-refractivity contribution in [2.45, 2.75) is 32.0 Å². The number of nitrogens with zero attached hydrogens (tertiary/aromatic N) is 2. The van der Waals surface area contributed by atoms with E-state index in [1.807, 2.05) is 24.3 Å². The van der Waals surface area contributed by atoms with Crippen LogP contribution < -0.4 is 10.1 Å². The van der Waals surface area contributed by atoms with Gasteiger partial charge in [0.15, 0.2) is 0 Å². The number of carbonyl (C=O) groups is 2. The Labute approximate surface area is 169 Å². The van der Waals surface area contributed by atoms with Crippen molar-refractivity contribution in [1.82, 2.24) is 15.1 Å². The van der Waals surface area contributed by atoms with Gasteiger partial charge in [0.05, 0.1) is 7.11 Å². The van der Waals surface area contributed by atoms with Gasteiger partial charge in [-0.15, -0.1) is 11.3 Å². The zero-order valence-electron chi connectivity index (χ0n) is 16.2. The van der Waals surface area contributed by atoms with E-state index in [1.54, 1.807) is 23.3 Å². The molecule has 2 aliphatic rings. The largest absolute Gasteiger partial charge is 0.497 e. The standard InChI is InChI=1S/C21H25N3O3S/c1-14-3-8-17(28-14)12-23-9-10-24-19(13-23)20(25)22-18(21(24)26)11-15-4-6-16(27-2)7-5-15/h3-8,18-19H,9-13H2,1-2H3,(H,22,25)/t18-,19+/m0/s1. The highest BCUT2D eigenvalue weighted by atomic mass is 32.1. The highest BCUT2D eigenvalue weighted by molar-refractivity contribution is 7.11. The molecule has 2 saturated heterocycles. The van der Waals surface area contributed by atoms with Crippen molar-refractivity contribution in [2.75, 3.05) is 26.7 Å². The SMILES string of the molecule is COc1ccc(C[C@@H]2NC(=O)[C@H]3CN(Cc4ccc(C)s4)CCN3C2=O)cc1. The molecule has 2 aliphatic heterocycles. The Morgan fingerprint density at radius 3 is 2.61 bits per heavy atom. The zero-order valence-corrected chi connectivity index (χ0v) is 17.0. The van der Waals surface area contributed by atoms with Gasteiger partial charge in [-0.1, -0.05) is 12.1 Å². The Balaban J connectivity index is 1.40. The van der Waals surface area contributed by atoms with Crippen LogP contribution in [0.2, 0.25) is 0 Å². The molecule has 7 heteroatoms. The van der Waals surface area contributed by atoms with E-state index in [0.717, 1.165) is 24.4 Å². The monoisotopic (exact) mass is 399 g/mol. The topological polar surface area (TPSA) is 61.9 Å². The minimum Gasteiger partial charge on any atom is -0.497 e. The number of methoxy groups -OCH3 is 1. The summed E-state index contributed by atoms with van der Waals surface area (Å²) in [6, 6.07) is 11.0. The normalized spacial score (nSPS) is 22.7. The molecule has 0 saturated carbocycles. The van der Waals surface area contributed by atoms with Crippen molar-refractivity contribution in [3.63, 3.8) is 0 Å². The van der Waals surface area contributed by atoms with Gasteiger partial charge in [0, 0.05) is 42.4 Å². The summed E-state index contributed by atoms with van der Waals surface area (Å²) in [5, 5.41) is 2.95. The van der Waals surface area contributed by atoms with Gasteiger partial charge in [-0.3, -0.25) is 14.5 Å². The number of thiophene rings is 1. The van der Waals surface area contributed by atoms with E-state index in [9.17, 15) is 9.59 Å². The summed E-state index contributed by atoms with van der Waals surface area (Å²) < 4.78 is 5.17. The van der Waals surface area contributed by atoms with Crippen molar-refractivity contribution in [1.29, 1.82) is 0 Å². The lowest BCUT2D eigenvalue weighted by Gasteiger charge is -2.45. The lowest BCUT2D eigenvalue weighted by molar-refractivity contribution is -0.153. The van der Waals surface area contributed by atoms with Crippen LogP contribution in [0.4, 0.5) is 0 Å². The van der Waals surface area contributed by atoms with Crippen LogP contribution >= 0.6 is 11.3 Å². The first-order valence-electron chi connectivity index (χ1n) is 9.55. The number of hydrogen-bond acceptors (Lipinski definition) is 5. The molecule has 0 radical (unpaired) electrons. The second kappa shape index (κ2) is 7.93. The average Bonchev–Trinajstić information content (AvgIpc) is 3.11. The number of hydrogen-bond donors (Lipinski definition) is 1. The number of ether oxygens (including phenoxy) is 1. The molecule has 2 aromatic rings. The number of nitrogens with one attached hydrogen (secondary N) is 1. The summed E-state index contributed by atoms with van der Waals surface area (Å²) in [7, 11) is 1.62. The van der Waals surface area contributed by atoms with Gasteiger partial charge in [0.1, 0.15) is 17.8 Å². The maximum atomic E-state index is 13.0. The van der Waals surface area contributed by atoms with E-state index in [4.69, 9.17) is 4.74 Å². The third kappa shape index (κ3) is 3.91. The third-order valence-electron chi connectivity index (χ3n) is 5.44. The van der Waals surface area contributed by atoms with Crippen LogP contribution in [0.3, 0.4) is 0 Å². The molecule has 2 amide bonds. The fourth-order valence-electron chi connectivity index (χ4n) is 3.93. The fraction of sp³-hybridized carbons (Fsp3) is 0.429. The van der Waals surface area contributed by atoms with E-state index in [1.165, 1.54) is 9.75 Å². The fourth-order valence-corrected chi connectivity index (χ4v) is 4.86. The molecular formula is C21H25N3O3S. The Bertz CT molecular complexity index is 864. The highest BCUT2D eigenvalue weighted by Gasteiger charge is 2.43. The molecule has 28 heavy (non-hydrogen) atoms. The van der Waals surface area contributed by atoms with E-state index in [-0.39, 0.29) is 11.8 Å². The average molecular weight is 400 g/mol. The maximum absolute atomic E-state index is 13.0. The smallest absolute Gasteiger partial charge is 0.246 e. The van der Waals surface area contributed by atoms with Crippen LogP contribution in [0, 0.1) is 6.92 Å². The van der Waals surface area contributed by atoms with Crippen molar-refractivity contribution < 1.29 is 14.3 Å². The van der Waals surface area contributed by atoms with E-state index in [0.29, 0.717) is 19.5 Å². The molecule has 6 nitrogen and oxygen atoms in total. The molecule has 2 atom stereocenters. The zero-order chi connectivity index (χ0) is 19.7. The van der Waals surface area contributed by atoms with Gasteiger partial charge in [-0.25, -0.2) is 0 Å². The molecule has 0 aliphatic carbocycles. The number of benzene rings is 1. The van der Waals surface area contributed by atoms with Gasteiger partial charge < -0.3 is 15.0 Å². The lowest BCUT2D eigenvalue weighted by atomic mass is 9.98. The number of amides is 2. The van der Waals surface area contributed by atoms with E-state index >= 15 is 0 Å². The van der Waals surface area contributed by atoms with Crippen molar-refractivity contribution >= 4 is 23.2 Å². The maximum Gasteiger partial charge on any atom is 0.246 e. The first-order chi connectivity index (χ1) is 13.5. The van der Waals surface area contributed by atoms with Crippen molar-refractivity contribution in [2.24, 2.45) is 0 Å². The second-order valence-electron chi connectivity index (χ2n) is 7.41. The number of rotatable bonds is 5. The molecular weight excluding hydrogens is 374 g/mol. The van der Waals surface area contributed by atoms with Gasteiger partial charge in [-0.2, -0.15) is 0 Å². The first-order valence-corrected chi connectivity index (χ1v) is 10.4. The van der Waals surface area contributed by atoms with Crippen LogP contribution in [-0.4, -0.2) is 60.4 Å². The molecule has 1 aromatic carbocycles. The van der Waals surface area contributed by atoms with Gasteiger partial charge in [0.25, 0.3) is 0 Å². The van der Waals surface area contributed by atoms with Crippen LogP contribution in [0.15, 0.2) is 36.4 Å². The summed E-state index contributed by atoms with van der Waals surface area (Å²) in [5.74, 6) is 0.747. The third-order valence-corrected chi connectivity index (χ3v) is 6.42. The second-order valence-corrected chi connectivity index (χ2v) is 8.78. The van der Waals surface area contributed by atoms with Crippen LogP contribution in [0.1, 0.15) is 15.3 Å². The minimum absolute atomic E-state index is 0.0204. The molecule has 0 bridgehead atoms. The summed E-state index contributed by atoms with van der Waals surface area (Å²) in [5.41, 5.74) is 1.00. The molecule has 3 heterocycles. The van der Waals surface area contributed by atoms with Crippen LogP contribution in [0.5, 0.6) is 5.75 Å². The number of aryl methyl sites for hydroxylation is 1.